The second kappa shape index (κ2) is 10.5. The van der Waals surface area contributed by atoms with E-state index in [-0.39, 0.29) is 17.3 Å². The molecule has 1 aliphatic carbocycles. The molecule has 2 unspecified atom stereocenters. The Labute approximate surface area is 229 Å². The van der Waals surface area contributed by atoms with E-state index >= 15 is 0 Å². The number of nitrogen functional groups attached to an aromatic ring is 1. The van der Waals surface area contributed by atoms with E-state index < -0.39 is 4.92 Å². The third-order valence-electron chi connectivity index (χ3n) is 7.65. The summed E-state index contributed by atoms with van der Waals surface area (Å²) < 4.78 is 11.9. The number of aromatic nitrogens is 3. The van der Waals surface area contributed by atoms with Crippen LogP contribution in [-0.2, 0) is 6.61 Å². The normalized spacial score (nSPS) is 20.2. The molecule has 2 N–H and O–H groups in total. The number of nitro groups is 1. The predicted octanol–water partition coefficient (Wildman–Crippen LogP) is 5.29. The van der Waals surface area contributed by atoms with Crippen LogP contribution in [0.4, 0.5) is 17.2 Å². The maximum atomic E-state index is 11.7. The Kier molecular flexibility index (Phi) is 6.78. The van der Waals surface area contributed by atoms with Gasteiger partial charge < -0.3 is 20.1 Å². The van der Waals surface area contributed by atoms with E-state index in [1.165, 1.54) is 12.4 Å². The van der Waals surface area contributed by atoms with Crippen molar-refractivity contribution in [3.05, 3.63) is 81.9 Å². The van der Waals surface area contributed by atoms with Gasteiger partial charge in [0.15, 0.2) is 5.75 Å². The van der Waals surface area contributed by atoms with Crippen molar-refractivity contribution in [3.63, 3.8) is 0 Å². The standard InChI is InChI=1S/C28H27ClN6O4/c29-23-9-21(4-5-26(23)39-15-20-3-1-2-6-31-20)34-12-18-7-17(8-19(18)13-34)14-38-27-11-24-22(10-25(27)35(36)37)28(30)33-16-32-24/h1-6,9-11,16-19H,7-8,12-15H2,(H2,30,32,33). The van der Waals surface area contributed by atoms with Crippen LogP contribution in [0.2, 0.25) is 5.02 Å². The first kappa shape index (κ1) is 25.1. The zero-order valence-corrected chi connectivity index (χ0v) is 21.8. The lowest BCUT2D eigenvalue weighted by Crippen LogP contribution is -2.22. The van der Waals surface area contributed by atoms with Gasteiger partial charge in [0.2, 0.25) is 0 Å². The number of halogens is 1. The largest absolute Gasteiger partial charge is 0.486 e. The molecule has 4 aromatic rings. The van der Waals surface area contributed by atoms with Crippen LogP contribution in [0.5, 0.6) is 11.5 Å². The molecule has 0 bridgehead atoms. The molecule has 0 spiro atoms. The number of nitrogens with zero attached hydrogens (tertiary/aromatic N) is 5. The molecule has 2 fully saturated rings. The maximum Gasteiger partial charge on any atom is 0.311 e. The zero-order valence-electron chi connectivity index (χ0n) is 21.1. The minimum absolute atomic E-state index is 0.127. The van der Waals surface area contributed by atoms with Crippen molar-refractivity contribution >= 4 is 39.7 Å². The Morgan fingerprint density at radius 1 is 1.03 bits per heavy atom. The van der Waals surface area contributed by atoms with Crippen LogP contribution in [0.15, 0.2) is 61.1 Å². The van der Waals surface area contributed by atoms with Crippen molar-refractivity contribution in [3.8, 4) is 11.5 Å². The Balaban J connectivity index is 1.05. The number of hydrogen-bond acceptors (Lipinski definition) is 9. The summed E-state index contributed by atoms with van der Waals surface area (Å²) in [6.07, 6.45) is 5.10. The Morgan fingerprint density at radius 3 is 2.56 bits per heavy atom. The van der Waals surface area contributed by atoms with Gasteiger partial charge in [-0.2, -0.15) is 0 Å². The first-order valence-electron chi connectivity index (χ1n) is 12.8. The number of fused-ring (bicyclic) bond motifs is 2. The topological polar surface area (TPSA) is 130 Å². The highest BCUT2D eigenvalue weighted by Gasteiger charge is 2.41. The van der Waals surface area contributed by atoms with Gasteiger partial charge in [0.1, 0.15) is 24.5 Å². The quantitative estimate of drug-likeness (QED) is 0.231. The number of rotatable bonds is 8. The molecule has 1 aliphatic heterocycles. The van der Waals surface area contributed by atoms with Crippen LogP contribution >= 0.6 is 11.6 Å². The predicted molar refractivity (Wildman–Crippen MR) is 148 cm³/mol. The fourth-order valence-electron chi connectivity index (χ4n) is 5.77. The molecular weight excluding hydrogens is 520 g/mol. The van der Waals surface area contributed by atoms with Crippen molar-refractivity contribution in [1.82, 2.24) is 15.0 Å². The Morgan fingerprint density at radius 2 is 1.85 bits per heavy atom. The highest BCUT2D eigenvalue weighted by atomic mass is 35.5. The molecule has 6 rings (SSSR count). The van der Waals surface area contributed by atoms with E-state index in [9.17, 15) is 10.1 Å². The number of pyridine rings is 1. The lowest BCUT2D eigenvalue weighted by atomic mass is 10.0. The molecule has 2 atom stereocenters. The molecule has 0 amide bonds. The third kappa shape index (κ3) is 5.24. The van der Waals surface area contributed by atoms with Gasteiger partial charge in [0.05, 0.1) is 27.8 Å². The fourth-order valence-corrected chi connectivity index (χ4v) is 6.00. The summed E-state index contributed by atoms with van der Waals surface area (Å²) in [6.45, 7) is 2.67. The van der Waals surface area contributed by atoms with E-state index in [1.54, 1.807) is 12.3 Å². The number of nitro benzene ring substituents is 1. The summed E-state index contributed by atoms with van der Waals surface area (Å²) in [4.78, 5) is 26.0. The maximum absolute atomic E-state index is 11.7. The second-order valence-electron chi connectivity index (χ2n) is 10.2. The van der Waals surface area contributed by atoms with Crippen LogP contribution in [-0.4, -0.2) is 39.6 Å². The van der Waals surface area contributed by atoms with E-state index in [0.29, 0.717) is 52.6 Å². The lowest BCUT2D eigenvalue weighted by molar-refractivity contribution is -0.385. The van der Waals surface area contributed by atoms with Gasteiger partial charge in [0, 0.05) is 42.5 Å². The molecule has 2 aliphatic rings. The van der Waals surface area contributed by atoms with Gasteiger partial charge in [-0.1, -0.05) is 17.7 Å². The molecule has 0 radical (unpaired) electrons. The Bertz CT molecular complexity index is 1510. The molecule has 2 aromatic carbocycles. The van der Waals surface area contributed by atoms with Crippen LogP contribution in [0.1, 0.15) is 18.5 Å². The number of benzene rings is 2. The molecular formula is C28H27ClN6O4. The average molecular weight is 547 g/mol. The summed E-state index contributed by atoms with van der Waals surface area (Å²) in [5, 5.41) is 12.7. The minimum Gasteiger partial charge on any atom is -0.486 e. The van der Waals surface area contributed by atoms with Gasteiger partial charge in [-0.25, -0.2) is 9.97 Å². The first-order valence-corrected chi connectivity index (χ1v) is 13.2. The first-order chi connectivity index (χ1) is 18.9. The van der Waals surface area contributed by atoms with Gasteiger partial charge in [-0.15, -0.1) is 0 Å². The van der Waals surface area contributed by atoms with Crippen molar-refractivity contribution in [2.24, 2.45) is 17.8 Å². The highest BCUT2D eigenvalue weighted by Crippen LogP contribution is 2.44. The monoisotopic (exact) mass is 546 g/mol. The molecule has 1 saturated heterocycles. The summed E-state index contributed by atoms with van der Waals surface area (Å²) in [7, 11) is 0. The van der Waals surface area contributed by atoms with Crippen molar-refractivity contribution in [2.75, 3.05) is 30.3 Å². The van der Waals surface area contributed by atoms with E-state index in [1.807, 2.05) is 30.3 Å². The summed E-state index contributed by atoms with van der Waals surface area (Å²) >= 11 is 6.55. The van der Waals surface area contributed by atoms with Crippen LogP contribution in [0.25, 0.3) is 10.9 Å². The van der Waals surface area contributed by atoms with Crippen LogP contribution in [0, 0.1) is 27.9 Å². The zero-order chi connectivity index (χ0) is 26.9. The van der Waals surface area contributed by atoms with Crippen molar-refractivity contribution < 1.29 is 14.4 Å². The van der Waals surface area contributed by atoms with Crippen LogP contribution in [0.3, 0.4) is 0 Å². The molecule has 200 valence electrons. The Hall–Kier alpha value is -4.18. The van der Waals surface area contributed by atoms with E-state index in [0.717, 1.165) is 37.3 Å². The van der Waals surface area contributed by atoms with E-state index in [4.69, 9.17) is 26.8 Å². The smallest absolute Gasteiger partial charge is 0.311 e. The highest BCUT2D eigenvalue weighted by molar-refractivity contribution is 6.32. The van der Waals surface area contributed by atoms with Gasteiger partial charge in [-0.05, 0) is 60.9 Å². The van der Waals surface area contributed by atoms with Gasteiger partial charge >= 0.3 is 5.69 Å². The fraction of sp³-hybridized carbons (Fsp3) is 0.321. The number of anilines is 2. The summed E-state index contributed by atoms with van der Waals surface area (Å²) in [5.41, 5.74) is 8.19. The second-order valence-corrected chi connectivity index (χ2v) is 10.6. The number of ether oxygens (including phenoxy) is 2. The van der Waals surface area contributed by atoms with Crippen molar-refractivity contribution in [1.29, 1.82) is 0 Å². The van der Waals surface area contributed by atoms with E-state index in [2.05, 4.69) is 25.9 Å². The molecule has 3 heterocycles. The summed E-state index contributed by atoms with van der Waals surface area (Å²) in [5.74, 6) is 2.46. The van der Waals surface area contributed by atoms with Gasteiger partial charge in [0.25, 0.3) is 0 Å². The van der Waals surface area contributed by atoms with Crippen LogP contribution < -0.4 is 20.1 Å². The van der Waals surface area contributed by atoms with Gasteiger partial charge in [-0.3, -0.25) is 15.1 Å². The average Bonchev–Trinajstić information content (AvgIpc) is 3.51. The number of hydrogen-bond donors (Lipinski definition) is 1. The van der Waals surface area contributed by atoms with Crippen molar-refractivity contribution in [2.45, 2.75) is 19.4 Å². The number of nitrogens with two attached hydrogens (primary N) is 1. The SMILES string of the molecule is Nc1ncnc2cc(OCC3CC4CN(c5ccc(OCc6ccccn6)c(Cl)c5)CC4C3)c([N+](=O)[O-])cc12. The molecule has 2 aromatic heterocycles. The third-order valence-corrected chi connectivity index (χ3v) is 7.94. The lowest BCUT2D eigenvalue weighted by Gasteiger charge is -2.22. The molecule has 39 heavy (non-hydrogen) atoms. The molecule has 11 heteroatoms. The molecule has 10 nitrogen and oxygen atoms in total. The molecule has 1 saturated carbocycles. The summed E-state index contributed by atoms with van der Waals surface area (Å²) in [6, 6.07) is 14.6. The minimum atomic E-state index is -0.456.